The fraction of sp³-hybridized carbons (Fsp3) is 0.548. The van der Waals surface area contributed by atoms with E-state index in [9.17, 15) is 14.7 Å². The van der Waals surface area contributed by atoms with Crippen LogP contribution in [0.25, 0.3) is 11.3 Å². The van der Waals surface area contributed by atoms with E-state index in [4.69, 9.17) is 4.74 Å². The lowest BCUT2D eigenvalue weighted by Gasteiger charge is -2.32. The molecule has 1 aliphatic rings. The molecule has 2 heterocycles. The van der Waals surface area contributed by atoms with Gasteiger partial charge >= 0.3 is 6.09 Å². The highest BCUT2D eigenvalue weighted by Crippen LogP contribution is 2.33. The minimum absolute atomic E-state index is 0.263. The topological polar surface area (TPSA) is 123 Å². The maximum absolute atomic E-state index is 13.1. The minimum Gasteiger partial charge on any atom is -0.444 e. The summed E-state index contributed by atoms with van der Waals surface area (Å²) < 4.78 is 9.63. The molecule has 3 aromatic rings. The van der Waals surface area contributed by atoms with Gasteiger partial charge in [0.2, 0.25) is 0 Å². The number of aliphatic hydroxyl groups is 1. The molecule has 10 heteroatoms. The van der Waals surface area contributed by atoms with Crippen LogP contribution in [-0.2, 0) is 16.1 Å². The van der Waals surface area contributed by atoms with Crippen LogP contribution in [0.3, 0.4) is 0 Å². The van der Waals surface area contributed by atoms with Crippen LogP contribution in [-0.4, -0.2) is 54.7 Å². The minimum atomic E-state index is -1.45. The van der Waals surface area contributed by atoms with Crippen LogP contribution in [0.2, 0.25) is 0 Å². The van der Waals surface area contributed by atoms with Crippen molar-refractivity contribution >= 4 is 17.8 Å². The molecule has 0 spiro atoms. The molecule has 1 aliphatic carbocycles. The summed E-state index contributed by atoms with van der Waals surface area (Å²) in [6.45, 7) is 10.5. The molecule has 3 atom stereocenters. The molecular weight excluding hydrogens is 520 g/mol. The Morgan fingerprint density at radius 3 is 2.54 bits per heavy atom. The number of alkyl carbamates (subject to hydrolysis) is 1. The number of aromatic nitrogens is 4. The first-order chi connectivity index (χ1) is 19.5. The van der Waals surface area contributed by atoms with Crippen molar-refractivity contribution in [3.05, 3.63) is 54.6 Å². The van der Waals surface area contributed by atoms with Gasteiger partial charge in [0.15, 0.2) is 6.10 Å². The Hall–Kier alpha value is -3.66. The Morgan fingerprint density at radius 2 is 1.90 bits per heavy atom. The van der Waals surface area contributed by atoms with Crippen LogP contribution in [0.5, 0.6) is 0 Å². The first-order valence-corrected chi connectivity index (χ1v) is 14.6. The van der Waals surface area contributed by atoms with E-state index in [1.165, 1.54) is 5.56 Å². The van der Waals surface area contributed by atoms with Gasteiger partial charge in [-0.05, 0) is 32.6 Å². The standard InChI is InChI=1S/C31H44N6O4/c1-6-7-11-24(28(38)29(39)35-27-16-17-33-37(27)23-9-8-10-23)34-30(40)41-26(31(3,4)5)19-36-18-25(32-20-36)22-14-12-21(2)13-15-22/h12-18,20,23-24,26,28,38H,6-11,19H2,1-5H3,(H,34,40)(H,35,39)/t24-,26+,28+/m0/s1. The lowest BCUT2D eigenvalue weighted by molar-refractivity contribution is -0.125. The smallest absolute Gasteiger partial charge is 0.407 e. The number of aliphatic hydroxyl groups excluding tert-OH is 1. The van der Waals surface area contributed by atoms with Crippen LogP contribution >= 0.6 is 0 Å². The predicted molar refractivity (Wildman–Crippen MR) is 158 cm³/mol. The van der Waals surface area contributed by atoms with Gasteiger partial charge in [0.25, 0.3) is 5.91 Å². The van der Waals surface area contributed by atoms with E-state index < -0.39 is 30.3 Å². The number of benzene rings is 1. The Kier molecular flexibility index (Phi) is 9.86. The Balaban J connectivity index is 1.40. The summed E-state index contributed by atoms with van der Waals surface area (Å²) in [5.74, 6) is -0.0319. The van der Waals surface area contributed by atoms with Gasteiger partial charge in [-0.2, -0.15) is 5.10 Å². The van der Waals surface area contributed by atoms with Gasteiger partial charge in [0.1, 0.15) is 11.9 Å². The van der Waals surface area contributed by atoms with Crippen molar-refractivity contribution < 1.29 is 19.4 Å². The van der Waals surface area contributed by atoms with E-state index in [0.717, 1.165) is 43.4 Å². The number of carbonyl (C=O) groups is 2. The van der Waals surface area contributed by atoms with E-state index in [1.807, 2.05) is 69.6 Å². The van der Waals surface area contributed by atoms with Crippen molar-refractivity contribution in [3.8, 4) is 11.3 Å². The Bertz CT molecular complexity index is 1290. The Labute approximate surface area is 242 Å². The third kappa shape index (κ3) is 7.97. The van der Waals surface area contributed by atoms with Gasteiger partial charge in [0, 0.05) is 23.2 Å². The van der Waals surface area contributed by atoms with Gasteiger partial charge < -0.3 is 25.0 Å². The second kappa shape index (κ2) is 13.3. The van der Waals surface area contributed by atoms with E-state index in [0.29, 0.717) is 18.8 Å². The molecule has 41 heavy (non-hydrogen) atoms. The highest BCUT2D eigenvalue weighted by atomic mass is 16.6. The second-order valence-electron chi connectivity index (χ2n) is 12.2. The highest BCUT2D eigenvalue weighted by molar-refractivity contribution is 5.94. The SMILES string of the molecule is CCCC[C@H](NC(=O)O[C@H](Cn1cnc(-c2ccc(C)cc2)c1)C(C)(C)C)[C@@H](O)C(=O)Nc1ccnn1C1CCC1. The summed E-state index contributed by atoms with van der Waals surface area (Å²) in [5.41, 5.74) is 2.66. The van der Waals surface area contributed by atoms with Gasteiger partial charge in [-0.15, -0.1) is 0 Å². The zero-order chi connectivity index (χ0) is 29.6. The van der Waals surface area contributed by atoms with Crippen LogP contribution in [0, 0.1) is 12.3 Å². The fourth-order valence-electron chi connectivity index (χ4n) is 4.78. The molecule has 3 N–H and O–H groups in total. The van der Waals surface area contributed by atoms with Crippen LogP contribution in [0.4, 0.5) is 10.6 Å². The molecule has 0 saturated heterocycles. The Morgan fingerprint density at radius 1 is 1.17 bits per heavy atom. The zero-order valence-electron chi connectivity index (χ0n) is 24.8. The first kappa shape index (κ1) is 30.3. The third-order valence-corrected chi connectivity index (χ3v) is 7.74. The number of nitrogens with one attached hydrogen (secondary N) is 2. The molecule has 1 saturated carbocycles. The highest BCUT2D eigenvalue weighted by Gasteiger charge is 2.33. The number of imidazole rings is 1. The van der Waals surface area contributed by atoms with E-state index in [1.54, 1.807) is 23.3 Å². The molecule has 222 valence electrons. The molecule has 1 fully saturated rings. The van der Waals surface area contributed by atoms with Crippen LogP contribution in [0.15, 0.2) is 49.1 Å². The number of rotatable bonds is 12. The number of ether oxygens (including phenoxy) is 1. The normalized spacial score (nSPS) is 16.0. The van der Waals surface area contributed by atoms with E-state index in [2.05, 4.69) is 20.7 Å². The molecule has 2 aromatic heterocycles. The summed E-state index contributed by atoms with van der Waals surface area (Å²) in [4.78, 5) is 30.7. The van der Waals surface area contributed by atoms with Crippen molar-refractivity contribution in [2.24, 2.45) is 5.41 Å². The number of unbranched alkanes of at least 4 members (excludes halogenated alkanes) is 1. The van der Waals surface area contributed by atoms with Gasteiger partial charge in [-0.3, -0.25) is 4.79 Å². The molecule has 0 radical (unpaired) electrons. The van der Waals surface area contributed by atoms with E-state index >= 15 is 0 Å². The maximum Gasteiger partial charge on any atom is 0.407 e. The van der Waals surface area contributed by atoms with Crippen molar-refractivity contribution in [3.63, 3.8) is 0 Å². The number of aryl methyl sites for hydroxylation is 1. The second-order valence-corrected chi connectivity index (χ2v) is 12.2. The summed E-state index contributed by atoms with van der Waals surface area (Å²) in [6, 6.07) is 9.35. The molecule has 0 bridgehead atoms. The number of nitrogens with zero attached hydrogens (tertiary/aromatic N) is 4. The summed E-state index contributed by atoms with van der Waals surface area (Å²) in [7, 11) is 0. The summed E-state index contributed by atoms with van der Waals surface area (Å²) >= 11 is 0. The van der Waals surface area contributed by atoms with Crippen molar-refractivity contribution in [1.82, 2.24) is 24.6 Å². The number of carbonyl (C=O) groups excluding carboxylic acids is 2. The lowest BCUT2D eigenvalue weighted by Crippen LogP contribution is -2.50. The van der Waals surface area contributed by atoms with Crippen LogP contribution < -0.4 is 10.6 Å². The van der Waals surface area contributed by atoms with E-state index in [-0.39, 0.29) is 11.5 Å². The number of anilines is 1. The molecule has 4 rings (SSSR count). The van der Waals surface area contributed by atoms with Gasteiger partial charge in [-0.1, -0.05) is 70.4 Å². The molecule has 2 amide bonds. The molecule has 0 aliphatic heterocycles. The first-order valence-electron chi connectivity index (χ1n) is 14.6. The molecule has 1 aromatic carbocycles. The number of hydrogen-bond acceptors (Lipinski definition) is 6. The summed E-state index contributed by atoms with van der Waals surface area (Å²) in [5, 5.41) is 20.9. The fourth-order valence-corrected chi connectivity index (χ4v) is 4.78. The van der Waals surface area contributed by atoms with Crippen molar-refractivity contribution in [2.75, 3.05) is 5.32 Å². The number of amides is 2. The van der Waals surface area contributed by atoms with Crippen LogP contribution in [0.1, 0.15) is 77.8 Å². The maximum atomic E-state index is 13.1. The molecule has 0 unspecified atom stereocenters. The van der Waals surface area contributed by atoms with Gasteiger partial charge in [-0.25, -0.2) is 14.5 Å². The van der Waals surface area contributed by atoms with Crippen molar-refractivity contribution in [2.45, 2.75) is 104 Å². The number of hydrogen-bond donors (Lipinski definition) is 3. The van der Waals surface area contributed by atoms with Gasteiger partial charge in [0.05, 0.1) is 36.8 Å². The average Bonchev–Trinajstić information content (AvgIpc) is 3.54. The largest absolute Gasteiger partial charge is 0.444 e. The lowest BCUT2D eigenvalue weighted by atomic mass is 9.89. The van der Waals surface area contributed by atoms with Crippen molar-refractivity contribution in [1.29, 1.82) is 0 Å². The molecule has 10 nitrogen and oxygen atoms in total. The third-order valence-electron chi connectivity index (χ3n) is 7.74. The molecular formula is C31H44N6O4. The summed E-state index contributed by atoms with van der Waals surface area (Å²) in [6.07, 6.45) is 7.90. The zero-order valence-corrected chi connectivity index (χ0v) is 24.8. The predicted octanol–water partition coefficient (Wildman–Crippen LogP) is 5.48. The quantitative estimate of drug-likeness (QED) is 0.268. The monoisotopic (exact) mass is 564 g/mol. The average molecular weight is 565 g/mol.